The zero-order valence-corrected chi connectivity index (χ0v) is 9.90. The highest BCUT2D eigenvalue weighted by atomic mass is 16.5. The van der Waals surface area contributed by atoms with Gasteiger partial charge in [0.1, 0.15) is 0 Å². The molecule has 1 aromatic rings. The van der Waals surface area contributed by atoms with Gasteiger partial charge in [-0.3, -0.25) is 4.79 Å². The number of nitriles is 1. The number of ether oxygens (including phenoxy) is 1. The minimum atomic E-state index is -0.154. The molecule has 0 aliphatic heterocycles. The molecule has 1 N–H and O–H groups in total. The SMILES string of the molecule is CCOCCCNC(=O)c1cccc(C#N)c1. The predicted molar refractivity (Wildman–Crippen MR) is 64.6 cm³/mol. The number of carbonyl (C=O) groups is 1. The lowest BCUT2D eigenvalue weighted by Crippen LogP contribution is -2.25. The highest BCUT2D eigenvalue weighted by molar-refractivity contribution is 5.94. The Morgan fingerprint density at radius 3 is 3.06 bits per heavy atom. The van der Waals surface area contributed by atoms with Crippen LogP contribution in [0.2, 0.25) is 0 Å². The average molecular weight is 232 g/mol. The normalized spacial score (nSPS) is 9.65. The molecule has 0 aliphatic rings. The van der Waals surface area contributed by atoms with E-state index in [4.69, 9.17) is 10.00 Å². The summed E-state index contributed by atoms with van der Waals surface area (Å²) in [7, 11) is 0. The van der Waals surface area contributed by atoms with Crippen molar-refractivity contribution in [1.82, 2.24) is 5.32 Å². The first kappa shape index (κ1) is 13.2. The molecule has 0 aromatic heterocycles. The Bertz CT molecular complexity index is 410. The largest absolute Gasteiger partial charge is 0.382 e. The van der Waals surface area contributed by atoms with Crippen LogP contribution in [0.3, 0.4) is 0 Å². The molecule has 0 saturated carbocycles. The highest BCUT2D eigenvalue weighted by Gasteiger charge is 2.04. The van der Waals surface area contributed by atoms with Crippen molar-refractivity contribution in [1.29, 1.82) is 5.26 Å². The summed E-state index contributed by atoms with van der Waals surface area (Å²) >= 11 is 0. The molecule has 17 heavy (non-hydrogen) atoms. The minimum Gasteiger partial charge on any atom is -0.382 e. The second kappa shape index (κ2) is 7.42. The van der Waals surface area contributed by atoms with Gasteiger partial charge in [0.25, 0.3) is 5.91 Å². The lowest BCUT2D eigenvalue weighted by molar-refractivity contribution is 0.0944. The van der Waals surface area contributed by atoms with Crippen molar-refractivity contribution in [3.8, 4) is 6.07 Å². The fourth-order valence-corrected chi connectivity index (χ4v) is 1.35. The van der Waals surface area contributed by atoms with Crippen LogP contribution < -0.4 is 5.32 Å². The number of nitrogens with zero attached hydrogens (tertiary/aromatic N) is 1. The molecule has 0 saturated heterocycles. The van der Waals surface area contributed by atoms with E-state index in [0.717, 1.165) is 6.42 Å². The maximum atomic E-state index is 11.7. The van der Waals surface area contributed by atoms with Gasteiger partial charge in [0, 0.05) is 25.3 Å². The summed E-state index contributed by atoms with van der Waals surface area (Å²) in [5.74, 6) is -0.154. The Labute approximate surface area is 101 Å². The fourth-order valence-electron chi connectivity index (χ4n) is 1.35. The second-order valence-corrected chi connectivity index (χ2v) is 3.50. The quantitative estimate of drug-likeness (QED) is 0.759. The van der Waals surface area contributed by atoms with Crippen LogP contribution in [0.25, 0.3) is 0 Å². The average Bonchev–Trinajstić information content (AvgIpc) is 2.38. The van der Waals surface area contributed by atoms with Crippen molar-refractivity contribution in [2.75, 3.05) is 19.8 Å². The molecule has 0 aliphatic carbocycles. The van der Waals surface area contributed by atoms with E-state index in [0.29, 0.717) is 30.9 Å². The first-order valence-electron chi connectivity index (χ1n) is 5.64. The summed E-state index contributed by atoms with van der Waals surface area (Å²) in [5.41, 5.74) is 1.01. The molecule has 0 fully saturated rings. The molecule has 1 amide bonds. The van der Waals surface area contributed by atoms with Gasteiger partial charge in [-0.15, -0.1) is 0 Å². The number of rotatable bonds is 6. The molecular formula is C13H16N2O2. The van der Waals surface area contributed by atoms with E-state index < -0.39 is 0 Å². The van der Waals surface area contributed by atoms with Gasteiger partial charge in [0.15, 0.2) is 0 Å². The Kier molecular flexibility index (Phi) is 5.76. The summed E-state index contributed by atoms with van der Waals surface area (Å²) < 4.78 is 5.16. The molecule has 0 bridgehead atoms. The molecule has 4 nitrogen and oxygen atoms in total. The van der Waals surface area contributed by atoms with Crippen LogP contribution in [0.1, 0.15) is 29.3 Å². The minimum absolute atomic E-state index is 0.154. The molecule has 0 spiro atoms. The summed E-state index contributed by atoms with van der Waals surface area (Å²) in [6.45, 7) is 3.86. The zero-order valence-electron chi connectivity index (χ0n) is 9.90. The van der Waals surface area contributed by atoms with E-state index in [9.17, 15) is 4.79 Å². The van der Waals surface area contributed by atoms with Crippen LogP contribution >= 0.6 is 0 Å². The third-order valence-electron chi connectivity index (χ3n) is 2.21. The summed E-state index contributed by atoms with van der Waals surface area (Å²) in [6, 6.07) is 8.66. The molecule has 0 unspecified atom stereocenters. The topological polar surface area (TPSA) is 62.1 Å². The number of nitrogens with one attached hydrogen (secondary N) is 1. The van der Waals surface area contributed by atoms with E-state index in [-0.39, 0.29) is 5.91 Å². The van der Waals surface area contributed by atoms with Crippen molar-refractivity contribution in [2.45, 2.75) is 13.3 Å². The molecule has 4 heteroatoms. The van der Waals surface area contributed by atoms with E-state index in [1.165, 1.54) is 0 Å². The van der Waals surface area contributed by atoms with Crippen LogP contribution in [0.4, 0.5) is 0 Å². The summed E-state index contributed by atoms with van der Waals surface area (Å²) in [6.07, 6.45) is 0.789. The lowest BCUT2D eigenvalue weighted by atomic mass is 10.1. The van der Waals surface area contributed by atoms with Crippen molar-refractivity contribution >= 4 is 5.91 Å². The molecular weight excluding hydrogens is 216 g/mol. The first-order valence-corrected chi connectivity index (χ1v) is 5.64. The highest BCUT2D eigenvalue weighted by Crippen LogP contribution is 2.03. The van der Waals surface area contributed by atoms with E-state index >= 15 is 0 Å². The zero-order chi connectivity index (χ0) is 12.5. The molecule has 0 atom stereocenters. The van der Waals surface area contributed by atoms with Crippen LogP contribution in [0, 0.1) is 11.3 Å². The van der Waals surface area contributed by atoms with Crippen LogP contribution in [-0.2, 0) is 4.74 Å². The van der Waals surface area contributed by atoms with E-state index in [1.54, 1.807) is 24.3 Å². The van der Waals surface area contributed by atoms with Crippen molar-refractivity contribution in [3.05, 3.63) is 35.4 Å². The van der Waals surface area contributed by atoms with E-state index in [2.05, 4.69) is 5.32 Å². The van der Waals surface area contributed by atoms with Gasteiger partial charge in [-0.25, -0.2) is 0 Å². The number of benzene rings is 1. The van der Waals surface area contributed by atoms with Gasteiger partial charge in [0.05, 0.1) is 11.6 Å². The Morgan fingerprint density at radius 1 is 1.53 bits per heavy atom. The second-order valence-electron chi connectivity index (χ2n) is 3.50. The van der Waals surface area contributed by atoms with Gasteiger partial charge in [0.2, 0.25) is 0 Å². The molecule has 0 radical (unpaired) electrons. The van der Waals surface area contributed by atoms with Crippen molar-refractivity contribution in [2.24, 2.45) is 0 Å². The fraction of sp³-hybridized carbons (Fsp3) is 0.385. The van der Waals surface area contributed by atoms with Crippen LogP contribution in [0.5, 0.6) is 0 Å². The maximum absolute atomic E-state index is 11.7. The predicted octanol–water partition coefficient (Wildman–Crippen LogP) is 1.71. The Morgan fingerprint density at radius 2 is 2.35 bits per heavy atom. The number of hydrogen-bond donors (Lipinski definition) is 1. The van der Waals surface area contributed by atoms with Crippen LogP contribution in [0.15, 0.2) is 24.3 Å². The Hall–Kier alpha value is -1.86. The molecule has 1 aromatic carbocycles. The monoisotopic (exact) mass is 232 g/mol. The number of carbonyl (C=O) groups excluding carboxylic acids is 1. The van der Waals surface area contributed by atoms with Crippen molar-refractivity contribution in [3.63, 3.8) is 0 Å². The summed E-state index contributed by atoms with van der Waals surface area (Å²) in [5, 5.41) is 11.5. The first-order chi connectivity index (χ1) is 8.27. The molecule has 1 rings (SSSR count). The lowest BCUT2D eigenvalue weighted by Gasteiger charge is -2.05. The Balaban J connectivity index is 2.39. The van der Waals surface area contributed by atoms with Gasteiger partial charge in [-0.05, 0) is 31.5 Å². The molecule has 90 valence electrons. The standard InChI is InChI=1S/C13H16N2O2/c1-2-17-8-4-7-15-13(16)12-6-3-5-11(9-12)10-14/h3,5-6,9H,2,4,7-8H2,1H3,(H,15,16). The third kappa shape index (κ3) is 4.66. The molecule has 0 heterocycles. The third-order valence-corrected chi connectivity index (χ3v) is 2.21. The van der Waals surface area contributed by atoms with Crippen LogP contribution in [-0.4, -0.2) is 25.7 Å². The van der Waals surface area contributed by atoms with Crippen molar-refractivity contribution < 1.29 is 9.53 Å². The smallest absolute Gasteiger partial charge is 0.251 e. The number of amides is 1. The van der Waals surface area contributed by atoms with Gasteiger partial charge in [-0.2, -0.15) is 5.26 Å². The van der Waals surface area contributed by atoms with Gasteiger partial charge >= 0.3 is 0 Å². The number of hydrogen-bond acceptors (Lipinski definition) is 3. The van der Waals surface area contributed by atoms with Gasteiger partial charge in [-0.1, -0.05) is 6.07 Å². The maximum Gasteiger partial charge on any atom is 0.251 e. The summed E-state index contributed by atoms with van der Waals surface area (Å²) in [4.78, 5) is 11.7. The van der Waals surface area contributed by atoms with E-state index in [1.807, 2.05) is 13.0 Å². The van der Waals surface area contributed by atoms with Gasteiger partial charge < -0.3 is 10.1 Å².